The fourth-order valence-electron chi connectivity index (χ4n) is 3.72. The van der Waals surface area contributed by atoms with Gasteiger partial charge in [-0.2, -0.15) is 0 Å². The van der Waals surface area contributed by atoms with Gasteiger partial charge in [-0.3, -0.25) is 0 Å². The second-order valence-corrected chi connectivity index (χ2v) is 9.70. The Labute approximate surface area is 204 Å². The Hall–Kier alpha value is -2.39. The normalized spacial score (nSPS) is 19.6. The highest BCUT2D eigenvalue weighted by molar-refractivity contribution is 8.01. The largest absolute Gasteiger partial charge is 0.572 e. The van der Waals surface area contributed by atoms with Gasteiger partial charge in [-0.1, -0.05) is 12.2 Å². The summed E-state index contributed by atoms with van der Waals surface area (Å²) in [6.07, 6.45) is 7.87. The Kier molecular flexibility index (Phi) is 9.13. The number of nitrogens with zero attached hydrogens (tertiary/aromatic N) is 3. The number of hydrogen-bond donors (Lipinski definition) is 1. The van der Waals surface area contributed by atoms with Crippen molar-refractivity contribution in [3.8, 4) is 0 Å². The minimum atomic E-state index is -4.63. The lowest BCUT2D eigenvalue weighted by atomic mass is 10.0. The van der Waals surface area contributed by atoms with Crippen LogP contribution in [-0.2, 0) is 11.2 Å². The molecular formula is C25H33F3N4OS. The average Bonchev–Trinajstić information content (AvgIpc) is 2.95. The molecule has 9 heteroatoms. The van der Waals surface area contributed by atoms with Crippen LogP contribution in [0.3, 0.4) is 0 Å². The van der Waals surface area contributed by atoms with Crippen molar-refractivity contribution in [2.75, 3.05) is 39.1 Å². The van der Waals surface area contributed by atoms with E-state index in [2.05, 4.69) is 59.5 Å². The van der Waals surface area contributed by atoms with E-state index in [1.165, 1.54) is 29.2 Å². The molecule has 186 valence electrons. The monoisotopic (exact) mass is 494 g/mol. The van der Waals surface area contributed by atoms with E-state index in [1.807, 2.05) is 18.2 Å². The maximum atomic E-state index is 12.4. The lowest BCUT2D eigenvalue weighted by Crippen LogP contribution is -2.29. The zero-order valence-electron chi connectivity index (χ0n) is 20.2. The number of ether oxygens (including phenoxy) is 1. The second kappa shape index (κ2) is 11.8. The summed E-state index contributed by atoms with van der Waals surface area (Å²) in [7, 11) is 6.19. The van der Waals surface area contributed by atoms with Crippen LogP contribution in [-0.4, -0.2) is 50.5 Å². The van der Waals surface area contributed by atoms with Crippen LogP contribution in [0.1, 0.15) is 42.5 Å². The Morgan fingerprint density at radius 2 is 1.88 bits per heavy atom. The first-order chi connectivity index (χ1) is 16.1. The van der Waals surface area contributed by atoms with Crippen molar-refractivity contribution in [1.29, 1.82) is 0 Å². The molecule has 5 nitrogen and oxygen atoms in total. The van der Waals surface area contributed by atoms with Crippen molar-refractivity contribution in [3.05, 3.63) is 63.6 Å². The standard InChI is InChI=1S/C25H33F3N4OS/c1-18-17-24(32(4)16-15-31(2)3)29-23-14-12-19(11-13-22(18)23)30-34-21-9-5-7-20(8-6-10-21)33-25(26,27)28/h7,9,11-12,14,17,30H,5-6,8,10,13,15-16H2,1-4H3/b20-7+,21-9+. The summed E-state index contributed by atoms with van der Waals surface area (Å²) in [4.78, 5) is 10.3. The quantitative estimate of drug-likeness (QED) is 0.450. The molecule has 0 amide bonds. The molecule has 2 aliphatic carbocycles. The fraction of sp³-hybridized carbons (Fsp3) is 0.480. The Balaban J connectivity index is 1.61. The molecule has 3 rings (SSSR count). The molecule has 0 saturated carbocycles. The predicted molar refractivity (Wildman–Crippen MR) is 134 cm³/mol. The Bertz CT molecular complexity index is 983. The number of pyridine rings is 1. The molecule has 2 aliphatic rings. The van der Waals surface area contributed by atoms with Gasteiger partial charge in [-0.15, -0.1) is 13.2 Å². The predicted octanol–water partition coefficient (Wildman–Crippen LogP) is 5.96. The molecule has 34 heavy (non-hydrogen) atoms. The third kappa shape index (κ3) is 8.13. The highest BCUT2D eigenvalue weighted by atomic mass is 32.2. The van der Waals surface area contributed by atoms with E-state index in [0.29, 0.717) is 19.3 Å². The summed E-state index contributed by atoms with van der Waals surface area (Å²) in [5, 5.41) is 0. The number of rotatable bonds is 8. The second-order valence-electron chi connectivity index (χ2n) is 8.76. The lowest BCUT2D eigenvalue weighted by molar-refractivity contribution is -0.306. The van der Waals surface area contributed by atoms with E-state index in [-0.39, 0.29) is 12.2 Å². The van der Waals surface area contributed by atoms with Crippen LogP contribution in [0.5, 0.6) is 0 Å². The molecule has 0 aromatic carbocycles. The van der Waals surface area contributed by atoms with Crippen LogP contribution in [0.25, 0.3) is 6.08 Å². The van der Waals surface area contributed by atoms with Crippen LogP contribution in [0.15, 0.2) is 46.7 Å². The van der Waals surface area contributed by atoms with E-state index in [9.17, 15) is 13.2 Å². The van der Waals surface area contributed by atoms with Crippen molar-refractivity contribution in [3.63, 3.8) is 0 Å². The summed E-state index contributed by atoms with van der Waals surface area (Å²) in [5.74, 6) is 0.970. The highest BCUT2D eigenvalue weighted by Crippen LogP contribution is 2.30. The third-order valence-corrected chi connectivity index (χ3v) is 6.64. The van der Waals surface area contributed by atoms with E-state index >= 15 is 0 Å². The zero-order valence-corrected chi connectivity index (χ0v) is 21.0. The fourth-order valence-corrected chi connectivity index (χ4v) is 4.54. The van der Waals surface area contributed by atoms with Crippen LogP contribution >= 0.6 is 11.9 Å². The molecule has 0 fully saturated rings. The molecule has 1 heterocycles. The molecule has 0 bridgehead atoms. The van der Waals surface area contributed by atoms with Gasteiger partial charge in [0.2, 0.25) is 0 Å². The molecule has 0 spiro atoms. The Morgan fingerprint density at radius 3 is 2.62 bits per heavy atom. The van der Waals surface area contributed by atoms with E-state index < -0.39 is 6.36 Å². The molecule has 1 aromatic heterocycles. The first-order valence-corrected chi connectivity index (χ1v) is 12.2. The number of hydrogen-bond acceptors (Lipinski definition) is 6. The first-order valence-electron chi connectivity index (χ1n) is 11.4. The summed E-state index contributed by atoms with van der Waals surface area (Å²) < 4.78 is 44.8. The minimum absolute atomic E-state index is 0.00234. The maximum absolute atomic E-state index is 12.4. The Morgan fingerprint density at radius 1 is 1.09 bits per heavy atom. The number of alkyl halides is 3. The maximum Gasteiger partial charge on any atom is 0.572 e. The van der Waals surface area contributed by atoms with Crippen LogP contribution in [0.2, 0.25) is 0 Å². The van der Waals surface area contributed by atoms with Gasteiger partial charge in [-0.05, 0) is 94.1 Å². The summed E-state index contributed by atoms with van der Waals surface area (Å²) in [6.45, 7) is 3.99. The van der Waals surface area contributed by atoms with Crippen LogP contribution in [0.4, 0.5) is 19.0 Å². The zero-order chi connectivity index (χ0) is 24.7. The van der Waals surface area contributed by atoms with Crippen LogP contribution in [0, 0.1) is 6.92 Å². The molecular weight excluding hydrogens is 461 g/mol. The number of fused-ring (bicyclic) bond motifs is 1. The smallest absolute Gasteiger partial charge is 0.411 e. The molecule has 0 radical (unpaired) electrons. The van der Waals surface area contributed by atoms with E-state index in [4.69, 9.17) is 4.98 Å². The third-order valence-electron chi connectivity index (χ3n) is 5.67. The summed E-state index contributed by atoms with van der Waals surface area (Å²) in [5.41, 5.74) is 4.41. The van der Waals surface area contributed by atoms with Gasteiger partial charge in [0.25, 0.3) is 0 Å². The number of halogens is 3. The van der Waals surface area contributed by atoms with Crippen molar-refractivity contribution in [1.82, 2.24) is 14.6 Å². The minimum Gasteiger partial charge on any atom is -0.411 e. The highest BCUT2D eigenvalue weighted by Gasteiger charge is 2.31. The number of aryl methyl sites for hydroxylation is 1. The van der Waals surface area contributed by atoms with Gasteiger partial charge in [-0.25, -0.2) is 4.98 Å². The number of allylic oxidation sites excluding steroid dienone is 6. The van der Waals surface area contributed by atoms with E-state index in [0.717, 1.165) is 41.6 Å². The summed E-state index contributed by atoms with van der Waals surface area (Å²) in [6, 6.07) is 2.15. The van der Waals surface area contributed by atoms with Gasteiger partial charge in [0, 0.05) is 37.2 Å². The van der Waals surface area contributed by atoms with Crippen molar-refractivity contribution >= 4 is 23.8 Å². The van der Waals surface area contributed by atoms with Gasteiger partial charge < -0.3 is 19.3 Å². The lowest BCUT2D eigenvalue weighted by Gasteiger charge is -2.22. The number of nitrogens with one attached hydrogen (secondary N) is 1. The van der Waals surface area contributed by atoms with Gasteiger partial charge in [0.1, 0.15) is 11.6 Å². The first kappa shape index (κ1) is 26.2. The molecule has 0 saturated heterocycles. The number of likely N-dealkylation sites (N-methyl/N-ethyl adjacent to an activating group) is 2. The topological polar surface area (TPSA) is 40.6 Å². The molecule has 1 aromatic rings. The average molecular weight is 495 g/mol. The molecule has 0 unspecified atom stereocenters. The summed E-state index contributed by atoms with van der Waals surface area (Å²) >= 11 is 1.52. The van der Waals surface area contributed by atoms with Crippen molar-refractivity contribution < 1.29 is 17.9 Å². The molecule has 1 N–H and O–H groups in total. The number of aromatic nitrogens is 1. The van der Waals surface area contributed by atoms with E-state index in [1.54, 1.807) is 0 Å². The van der Waals surface area contributed by atoms with Gasteiger partial charge >= 0.3 is 6.36 Å². The molecule has 0 aliphatic heterocycles. The number of anilines is 1. The molecule has 0 atom stereocenters. The van der Waals surface area contributed by atoms with Crippen molar-refractivity contribution in [2.45, 2.75) is 45.4 Å². The van der Waals surface area contributed by atoms with Gasteiger partial charge in [0.15, 0.2) is 0 Å². The van der Waals surface area contributed by atoms with Crippen LogP contribution < -0.4 is 9.62 Å². The van der Waals surface area contributed by atoms with Crippen molar-refractivity contribution in [2.24, 2.45) is 0 Å². The van der Waals surface area contributed by atoms with Gasteiger partial charge in [0.05, 0.1) is 5.69 Å². The SMILES string of the molecule is Cc1cc(N(C)CCN(C)C)nc2c1CC=C(NS/C1=C/C/C=C(/OC(F)(F)F)CCC1)C=C2.